The van der Waals surface area contributed by atoms with Crippen molar-refractivity contribution >= 4 is 11.8 Å². The molecule has 33 heavy (non-hydrogen) atoms. The molecular weight excluding hydrogens is 410 g/mol. The second-order valence-corrected chi connectivity index (χ2v) is 10.5. The van der Waals surface area contributed by atoms with Crippen molar-refractivity contribution in [3.8, 4) is 0 Å². The minimum absolute atomic E-state index is 0.0687. The fourth-order valence-corrected chi connectivity index (χ4v) is 6.02. The number of carbonyl (C=O) groups is 2. The number of hydrogen-bond acceptors (Lipinski definition) is 3. The molecule has 0 N–H and O–H groups in total. The highest BCUT2D eigenvalue weighted by molar-refractivity contribution is 6.06. The number of nitrogens with zero attached hydrogens (tertiary/aromatic N) is 1. The minimum atomic E-state index is -0.407. The van der Waals surface area contributed by atoms with Crippen LogP contribution in [0.1, 0.15) is 66.0 Å². The van der Waals surface area contributed by atoms with E-state index in [9.17, 15) is 9.59 Å². The molecule has 1 fully saturated rings. The van der Waals surface area contributed by atoms with Gasteiger partial charge in [0.2, 0.25) is 0 Å². The molecule has 0 spiro atoms. The Morgan fingerprint density at radius 2 is 1.12 bits per heavy atom. The van der Waals surface area contributed by atoms with Gasteiger partial charge in [-0.05, 0) is 38.8 Å². The van der Waals surface area contributed by atoms with E-state index in [1.165, 1.54) is 27.8 Å². The van der Waals surface area contributed by atoms with Gasteiger partial charge in [0.1, 0.15) is 6.61 Å². The predicted molar refractivity (Wildman–Crippen MR) is 125 cm³/mol. The summed E-state index contributed by atoms with van der Waals surface area (Å²) in [6.45, 7) is 6.71. The number of benzene rings is 3. The largest absolute Gasteiger partial charge is 0.272 e. The molecule has 2 bridgehead atoms. The van der Waals surface area contributed by atoms with Crippen molar-refractivity contribution in [1.29, 1.82) is 0 Å². The number of rotatable bonds is 3. The lowest BCUT2D eigenvalue weighted by molar-refractivity contribution is -0.193. The first kappa shape index (κ1) is 20.4. The molecule has 3 aromatic carbocycles. The lowest BCUT2D eigenvalue weighted by atomic mass is 9.55. The molecule has 3 aromatic rings. The van der Waals surface area contributed by atoms with Crippen LogP contribution in [0.15, 0.2) is 72.8 Å². The van der Waals surface area contributed by atoms with Crippen LogP contribution in [-0.2, 0) is 26.4 Å². The van der Waals surface area contributed by atoms with E-state index in [0.717, 1.165) is 10.6 Å². The van der Waals surface area contributed by atoms with Crippen LogP contribution in [-0.4, -0.2) is 16.9 Å². The van der Waals surface area contributed by atoms with Gasteiger partial charge in [-0.3, -0.25) is 14.4 Å². The Balaban J connectivity index is 1.31. The number of imide groups is 1. The standard InChI is InChI=1S/C29H27NO3/c1-29(2,3)18-14-12-17(13-15-18)16-33-30-27(31)25-23-19-8-4-5-9-20(19)24(26(25)28(30)32)22-11-7-6-10-21(22)23/h4-15,23-26H,16H2,1-3H3/t23?,24?,25-,26+. The van der Waals surface area contributed by atoms with Gasteiger partial charge < -0.3 is 0 Å². The number of hydrogen-bond donors (Lipinski definition) is 0. The van der Waals surface area contributed by atoms with Gasteiger partial charge >= 0.3 is 0 Å². The molecule has 4 nitrogen and oxygen atoms in total. The average Bonchev–Trinajstić information content (AvgIpc) is 3.07. The topological polar surface area (TPSA) is 46.6 Å². The van der Waals surface area contributed by atoms with E-state index in [0.29, 0.717) is 0 Å². The second kappa shape index (κ2) is 7.13. The summed E-state index contributed by atoms with van der Waals surface area (Å²) in [5, 5.41) is 1.06. The van der Waals surface area contributed by atoms with Gasteiger partial charge in [-0.25, -0.2) is 0 Å². The zero-order valence-corrected chi connectivity index (χ0v) is 19.1. The smallest absolute Gasteiger partial charge is 0.258 e. The fraction of sp³-hybridized carbons (Fsp3) is 0.310. The van der Waals surface area contributed by atoms with Crippen LogP contribution in [0, 0.1) is 11.8 Å². The van der Waals surface area contributed by atoms with Gasteiger partial charge in [0, 0.05) is 11.8 Å². The van der Waals surface area contributed by atoms with Crippen LogP contribution < -0.4 is 0 Å². The van der Waals surface area contributed by atoms with E-state index < -0.39 is 11.8 Å². The summed E-state index contributed by atoms with van der Waals surface area (Å²) in [4.78, 5) is 33.0. The Morgan fingerprint density at radius 1 is 0.697 bits per heavy atom. The van der Waals surface area contributed by atoms with Crippen molar-refractivity contribution < 1.29 is 14.4 Å². The SMILES string of the molecule is CC(C)(C)c1ccc(CON2C(=O)[C@@H]3C4c5ccccc5C(c5ccccc54)[C@@H]3C2=O)cc1. The van der Waals surface area contributed by atoms with Crippen molar-refractivity contribution in [3.05, 3.63) is 106 Å². The molecule has 0 saturated carbocycles. The third-order valence-electron chi connectivity index (χ3n) is 7.59. The van der Waals surface area contributed by atoms with E-state index in [2.05, 4.69) is 57.2 Å². The van der Waals surface area contributed by atoms with Crippen LogP contribution in [0.25, 0.3) is 0 Å². The molecule has 1 aliphatic heterocycles. The van der Waals surface area contributed by atoms with E-state index in [-0.39, 0.29) is 35.7 Å². The van der Waals surface area contributed by atoms with Crippen molar-refractivity contribution in [2.24, 2.45) is 11.8 Å². The van der Waals surface area contributed by atoms with Gasteiger partial charge in [-0.15, -0.1) is 0 Å². The average molecular weight is 438 g/mol. The molecule has 7 rings (SSSR count). The van der Waals surface area contributed by atoms with Gasteiger partial charge in [-0.1, -0.05) is 93.6 Å². The lowest BCUT2D eigenvalue weighted by Crippen LogP contribution is -2.41. The third-order valence-corrected chi connectivity index (χ3v) is 7.59. The molecule has 0 aromatic heterocycles. The Labute approximate surface area is 194 Å². The van der Waals surface area contributed by atoms with E-state index in [1.54, 1.807) is 0 Å². The minimum Gasteiger partial charge on any atom is -0.272 e. The molecule has 1 saturated heterocycles. The number of hydroxylamine groups is 2. The second-order valence-electron chi connectivity index (χ2n) is 10.5. The van der Waals surface area contributed by atoms with Crippen molar-refractivity contribution in [2.75, 3.05) is 0 Å². The molecule has 4 aliphatic rings. The lowest BCUT2D eigenvalue weighted by Gasteiger charge is -2.45. The number of amides is 2. The molecule has 2 amide bonds. The normalized spacial score (nSPS) is 25.1. The van der Waals surface area contributed by atoms with Crippen molar-refractivity contribution in [2.45, 2.75) is 44.6 Å². The molecule has 1 heterocycles. The first-order chi connectivity index (χ1) is 15.9. The summed E-state index contributed by atoms with van der Waals surface area (Å²) in [5.41, 5.74) is 6.92. The predicted octanol–water partition coefficient (Wildman–Crippen LogP) is 5.31. The molecule has 0 unspecified atom stereocenters. The molecule has 3 aliphatic carbocycles. The van der Waals surface area contributed by atoms with Crippen LogP contribution in [0.4, 0.5) is 0 Å². The van der Waals surface area contributed by atoms with Crippen LogP contribution in [0.5, 0.6) is 0 Å². The number of carbonyl (C=O) groups excluding carboxylic acids is 2. The Kier molecular flexibility index (Phi) is 4.40. The van der Waals surface area contributed by atoms with Gasteiger partial charge in [0.15, 0.2) is 0 Å². The monoisotopic (exact) mass is 437 g/mol. The highest BCUT2D eigenvalue weighted by Gasteiger charge is 2.62. The highest BCUT2D eigenvalue weighted by Crippen LogP contribution is 2.60. The fourth-order valence-electron chi connectivity index (χ4n) is 6.02. The van der Waals surface area contributed by atoms with Crippen molar-refractivity contribution in [1.82, 2.24) is 5.06 Å². The summed E-state index contributed by atoms with van der Waals surface area (Å²) in [6.07, 6.45) is 0. The maximum absolute atomic E-state index is 13.5. The van der Waals surface area contributed by atoms with Crippen LogP contribution >= 0.6 is 0 Å². The summed E-state index contributed by atoms with van der Waals surface area (Å²) in [6, 6.07) is 24.7. The Morgan fingerprint density at radius 3 is 1.52 bits per heavy atom. The van der Waals surface area contributed by atoms with E-state index >= 15 is 0 Å². The quantitative estimate of drug-likeness (QED) is 0.522. The first-order valence-corrected chi connectivity index (χ1v) is 11.6. The summed E-state index contributed by atoms with van der Waals surface area (Å²) in [5.74, 6) is -1.45. The van der Waals surface area contributed by atoms with Crippen LogP contribution in [0.3, 0.4) is 0 Å². The maximum Gasteiger partial charge on any atom is 0.258 e. The third kappa shape index (κ3) is 2.94. The van der Waals surface area contributed by atoms with Gasteiger partial charge in [-0.2, -0.15) is 5.06 Å². The summed E-state index contributed by atoms with van der Waals surface area (Å²) >= 11 is 0. The maximum atomic E-state index is 13.5. The zero-order valence-electron chi connectivity index (χ0n) is 19.1. The van der Waals surface area contributed by atoms with E-state index in [4.69, 9.17) is 4.84 Å². The summed E-state index contributed by atoms with van der Waals surface area (Å²) in [7, 11) is 0. The Bertz CT molecular complexity index is 1160. The Hall–Kier alpha value is -3.24. The van der Waals surface area contributed by atoms with Crippen LogP contribution in [0.2, 0.25) is 0 Å². The first-order valence-electron chi connectivity index (χ1n) is 11.6. The molecule has 4 heteroatoms. The molecule has 0 radical (unpaired) electrons. The molecule has 2 atom stereocenters. The summed E-state index contributed by atoms with van der Waals surface area (Å²) < 4.78 is 0. The van der Waals surface area contributed by atoms with Crippen molar-refractivity contribution in [3.63, 3.8) is 0 Å². The van der Waals surface area contributed by atoms with Gasteiger partial charge in [0.25, 0.3) is 11.8 Å². The molecule has 166 valence electrons. The highest BCUT2D eigenvalue weighted by atomic mass is 16.7. The van der Waals surface area contributed by atoms with E-state index in [1.807, 2.05) is 36.4 Å². The van der Waals surface area contributed by atoms with Gasteiger partial charge in [0.05, 0.1) is 11.8 Å². The zero-order chi connectivity index (χ0) is 22.9. The molecular formula is C29H27NO3.